The molecule has 20 heavy (non-hydrogen) atoms. The minimum atomic E-state index is -0.0866. The first-order valence-electron chi connectivity index (χ1n) is 5.28. The molecule has 0 saturated carbocycles. The van der Waals surface area contributed by atoms with Gasteiger partial charge in [-0.15, -0.1) is 0 Å². The molecule has 104 valence electrons. The van der Waals surface area contributed by atoms with E-state index in [1.165, 1.54) is 18.0 Å². The van der Waals surface area contributed by atoms with Crippen LogP contribution in [0.5, 0.6) is 0 Å². The minimum absolute atomic E-state index is 0.0866. The van der Waals surface area contributed by atoms with Crippen LogP contribution < -0.4 is 5.73 Å². The van der Waals surface area contributed by atoms with Crippen LogP contribution in [0.3, 0.4) is 0 Å². The molecular weight excluding hydrogens is 341 g/mol. The molecule has 0 aliphatic carbocycles. The van der Waals surface area contributed by atoms with E-state index in [4.69, 9.17) is 45.7 Å². The van der Waals surface area contributed by atoms with Crippen LogP contribution in [0.25, 0.3) is 0 Å². The molecule has 0 fully saturated rings. The zero-order valence-electron chi connectivity index (χ0n) is 9.85. The predicted octanol–water partition coefficient (Wildman–Crippen LogP) is 4.29. The third kappa shape index (κ3) is 3.30. The molecule has 1 aromatic carbocycles. The second-order valence-corrected chi connectivity index (χ2v) is 5.89. The van der Waals surface area contributed by atoms with Crippen molar-refractivity contribution in [1.29, 1.82) is 0 Å². The van der Waals surface area contributed by atoms with Crippen LogP contribution in [0.4, 0.5) is 0 Å². The molecule has 0 aliphatic rings. The number of rotatable bonds is 3. The number of amidine groups is 1. The number of nitrogens with zero attached hydrogens (tertiary/aromatic N) is 2. The fourth-order valence-electron chi connectivity index (χ4n) is 1.41. The molecule has 0 atom stereocenters. The van der Waals surface area contributed by atoms with Crippen molar-refractivity contribution in [2.24, 2.45) is 10.9 Å². The summed E-state index contributed by atoms with van der Waals surface area (Å²) >= 11 is 19.5. The zero-order valence-corrected chi connectivity index (χ0v) is 12.9. The largest absolute Gasteiger partial charge is 0.409 e. The van der Waals surface area contributed by atoms with Crippen LogP contribution in [-0.4, -0.2) is 16.0 Å². The van der Waals surface area contributed by atoms with Crippen LogP contribution in [0.15, 0.2) is 45.5 Å². The van der Waals surface area contributed by atoms with E-state index < -0.39 is 0 Å². The van der Waals surface area contributed by atoms with E-state index in [-0.39, 0.29) is 10.9 Å². The van der Waals surface area contributed by atoms with Gasteiger partial charge in [-0.25, -0.2) is 4.98 Å². The van der Waals surface area contributed by atoms with Crippen molar-refractivity contribution in [1.82, 2.24) is 4.98 Å². The lowest BCUT2D eigenvalue weighted by atomic mass is 10.2. The van der Waals surface area contributed by atoms with E-state index in [1.807, 2.05) is 0 Å². The van der Waals surface area contributed by atoms with E-state index in [0.29, 0.717) is 25.5 Å². The smallest absolute Gasteiger partial charge is 0.171 e. The molecule has 0 aliphatic heterocycles. The van der Waals surface area contributed by atoms with Gasteiger partial charge in [-0.2, -0.15) is 0 Å². The number of benzene rings is 1. The van der Waals surface area contributed by atoms with E-state index in [2.05, 4.69) is 10.1 Å². The van der Waals surface area contributed by atoms with Gasteiger partial charge in [-0.1, -0.05) is 51.7 Å². The zero-order chi connectivity index (χ0) is 14.7. The van der Waals surface area contributed by atoms with Crippen LogP contribution >= 0.6 is 46.6 Å². The second-order valence-electron chi connectivity index (χ2n) is 3.64. The van der Waals surface area contributed by atoms with Gasteiger partial charge in [0.05, 0.1) is 10.0 Å². The number of halogens is 3. The second kappa shape index (κ2) is 6.54. The molecule has 2 aromatic rings. The molecule has 0 amide bonds. The summed E-state index contributed by atoms with van der Waals surface area (Å²) in [6.45, 7) is 0. The highest BCUT2D eigenvalue weighted by molar-refractivity contribution is 7.99. The van der Waals surface area contributed by atoms with Gasteiger partial charge in [-0.3, -0.25) is 0 Å². The average Bonchev–Trinajstić information content (AvgIpc) is 2.44. The molecule has 1 heterocycles. The van der Waals surface area contributed by atoms with Crippen molar-refractivity contribution in [2.75, 3.05) is 0 Å². The van der Waals surface area contributed by atoms with Gasteiger partial charge >= 0.3 is 0 Å². The number of nitrogens with two attached hydrogens (primary N) is 1. The van der Waals surface area contributed by atoms with Gasteiger partial charge in [-0.05, 0) is 24.3 Å². The SMILES string of the molecule is N/C(=N/O)c1ccnc(Sc2cc(Cl)ccc2Cl)c1Cl. The number of hydrogen-bond acceptors (Lipinski definition) is 4. The minimum Gasteiger partial charge on any atom is -0.409 e. The number of pyridine rings is 1. The Labute approximate surface area is 134 Å². The molecule has 0 bridgehead atoms. The predicted molar refractivity (Wildman–Crippen MR) is 82.3 cm³/mol. The number of oxime groups is 1. The van der Waals surface area contributed by atoms with Crippen LogP contribution in [0, 0.1) is 0 Å². The first kappa shape index (κ1) is 15.3. The molecule has 4 nitrogen and oxygen atoms in total. The number of aromatic nitrogens is 1. The molecule has 0 spiro atoms. The fraction of sp³-hybridized carbons (Fsp3) is 0. The van der Waals surface area contributed by atoms with Gasteiger partial charge < -0.3 is 10.9 Å². The van der Waals surface area contributed by atoms with Crippen molar-refractivity contribution < 1.29 is 5.21 Å². The average molecular weight is 349 g/mol. The monoisotopic (exact) mass is 347 g/mol. The topological polar surface area (TPSA) is 71.5 Å². The Morgan fingerprint density at radius 1 is 1.25 bits per heavy atom. The Morgan fingerprint density at radius 3 is 2.70 bits per heavy atom. The van der Waals surface area contributed by atoms with Gasteiger partial charge in [0, 0.05) is 21.7 Å². The Bertz CT molecular complexity index is 679. The van der Waals surface area contributed by atoms with Crippen LogP contribution in [-0.2, 0) is 0 Å². The van der Waals surface area contributed by atoms with Crippen LogP contribution in [0.1, 0.15) is 5.56 Å². The van der Waals surface area contributed by atoms with Crippen molar-refractivity contribution >= 4 is 52.4 Å². The van der Waals surface area contributed by atoms with Crippen molar-refractivity contribution in [2.45, 2.75) is 9.92 Å². The first-order valence-corrected chi connectivity index (χ1v) is 7.23. The normalized spacial score (nSPS) is 11.7. The third-order valence-electron chi connectivity index (χ3n) is 2.34. The maximum atomic E-state index is 8.71. The molecule has 1 aromatic heterocycles. The third-order valence-corrected chi connectivity index (χ3v) is 4.57. The van der Waals surface area contributed by atoms with Crippen molar-refractivity contribution in [3.63, 3.8) is 0 Å². The van der Waals surface area contributed by atoms with Gasteiger partial charge in [0.2, 0.25) is 0 Å². The number of hydrogen-bond donors (Lipinski definition) is 2. The maximum Gasteiger partial charge on any atom is 0.171 e. The molecule has 0 unspecified atom stereocenters. The lowest BCUT2D eigenvalue weighted by Gasteiger charge is -2.08. The summed E-state index contributed by atoms with van der Waals surface area (Å²) in [6, 6.07) is 6.65. The standard InChI is InChI=1S/C12H8Cl3N3OS/c13-6-1-2-8(14)9(5-6)20-12-10(15)7(3-4-17-12)11(16)18-19/h1-5,19H,(H2,16,18). The molecule has 8 heteroatoms. The molecule has 3 N–H and O–H groups in total. The van der Waals surface area contributed by atoms with Crippen molar-refractivity contribution in [3.8, 4) is 0 Å². The quantitative estimate of drug-likeness (QED) is 0.376. The highest BCUT2D eigenvalue weighted by Crippen LogP contribution is 2.38. The van der Waals surface area contributed by atoms with Gasteiger partial charge in [0.15, 0.2) is 5.84 Å². The Balaban J connectivity index is 2.42. The highest BCUT2D eigenvalue weighted by Gasteiger charge is 2.13. The Morgan fingerprint density at radius 2 is 2.00 bits per heavy atom. The van der Waals surface area contributed by atoms with E-state index >= 15 is 0 Å². The summed E-state index contributed by atoms with van der Waals surface area (Å²) in [7, 11) is 0. The molecular formula is C12H8Cl3N3OS. The van der Waals surface area contributed by atoms with E-state index in [9.17, 15) is 0 Å². The van der Waals surface area contributed by atoms with Gasteiger partial charge in [0.25, 0.3) is 0 Å². The molecule has 0 saturated heterocycles. The van der Waals surface area contributed by atoms with Gasteiger partial charge in [0.1, 0.15) is 5.03 Å². The Kier molecular flexibility index (Phi) is 4.99. The summed E-state index contributed by atoms with van der Waals surface area (Å²) in [5, 5.41) is 13.5. The van der Waals surface area contributed by atoms with E-state index in [1.54, 1.807) is 24.3 Å². The lowest BCUT2D eigenvalue weighted by molar-refractivity contribution is 0.318. The fourth-order valence-corrected chi connectivity index (χ4v) is 3.07. The summed E-state index contributed by atoms with van der Waals surface area (Å²) in [5.74, 6) is -0.0866. The maximum absolute atomic E-state index is 8.71. The first-order chi connectivity index (χ1) is 9.52. The lowest BCUT2D eigenvalue weighted by Crippen LogP contribution is -2.14. The summed E-state index contributed by atoms with van der Waals surface area (Å²) < 4.78 is 0. The Hall–Kier alpha value is -1.14. The molecule has 0 radical (unpaired) electrons. The van der Waals surface area contributed by atoms with Crippen molar-refractivity contribution in [3.05, 3.63) is 51.1 Å². The highest BCUT2D eigenvalue weighted by atomic mass is 35.5. The molecule has 2 rings (SSSR count). The summed E-state index contributed by atoms with van der Waals surface area (Å²) in [4.78, 5) is 4.87. The van der Waals surface area contributed by atoms with Crippen LogP contribution in [0.2, 0.25) is 15.1 Å². The van der Waals surface area contributed by atoms with E-state index in [0.717, 1.165) is 0 Å². The summed E-state index contributed by atoms with van der Waals surface area (Å²) in [6.07, 6.45) is 1.51. The summed E-state index contributed by atoms with van der Waals surface area (Å²) in [5.41, 5.74) is 5.94.